The van der Waals surface area contributed by atoms with E-state index in [1.54, 1.807) is 12.1 Å². The first-order valence-corrected chi connectivity index (χ1v) is 11.6. The number of halogens is 1. The van der Waals surface area contributed by atoms with Gasteiger partial charge in [-0.05, 0) is 67.1 Å². The number of hydrogen-bond acceptors (Lipinski definition) is 3. The van der Waals surface area contributed by atoms with Crippen molar-refractivity contribution in [3.05, 3.63) is 65.5 Å². The van der Waals surface area contributed by atoms with Gasteiger partial charge in [0.2, 0.25) is 0 Å². The molecule has 1 heterocycles. The highest BCUT2D eigenvalue weighted by molar-refractivity contribution is 5.74. The van der Waals surface area contributed by atoms with Gasteiger partial charge in [0.15, 0.2) is 0 Å². The molecule has 0 unspecified atom stereocenters. The largest absolute Gasteiger partial charge is 0.493 e. The number of piperidine rings is 1. The molecule has 1 saturated heterocycles. The second kappa shape index (κ2) is 9.90. The zero-order valence-electron chi connectivity index (χ0n) is 19.3. The van der Waals surface area contributed by atoms with E-state index in [0.717, 1.165) is 36.3 Å². The van der Waals surface area contributed by atoms with Gasteiger partial charge in [-0.1, -0.05) is 38.1 Å². The Morgan fingerprint density at radius 1 is 1.12 bits per heavy atom. The van der Waals surface area contributed by atoms with Crippen molar-refractivity contribution in [3.63, 3.8) is 0 Å². The number of likely N-dealkylation sites (tertiary alicyclic amines) is 1. The standard InChI is InChI=1S/C26H34FN3O2/c1-18(2)17-32-23-10-6-19(7-11-23)14-28-26(31)30(16-20-4-8-22(27)9-5-20)25-13-21-12-24(25)29(3)15-21/h4-11,18,21,24-25H,12-17H2,1-3H3,(H,28,31)/t21-,24+,25-/m1/s1. The number of carbonyl (C=O) groups excluding carboxylic acids is 1. The Hall–Kier alpha value is -2.60. The van der Waals surface area contributed by atoms with Gasteiger partial charge in [0.05, 0.1) is 6.61 Å². The molecule has 3 atom stereocenters. The van der Waals surface area contributed by atoms with Crippen LogP contribution in [-0.2, 0) is 13.1 Å². The zero-order valence-corrected chi connectivity index (χ0v) is 19.3. The highest BCUT2D eigenvalue weighted by Crippen LogP contribution is 2.39. The summed E-state index contributed by atoms with van der Waals surface area (Å²) < 4.78 is 19.1. The average Bonchev–Trinajstić information content (AvgIpc) is 3.36. The minimum atomic E-state index is -0.259. The van der Waals surface area contributed by atoms with E-state index in [4.69, 9.17) is 4.74 Å². The Bertz CT molecular complexity index is 900. The van der Waals surface area contributed by atoms with Gasteiger partial charge >= 0.3 is 6.03 Å². The van der Waals surface area contributed by atoms with Crippen molar-refractivity contribution in [1.82, 2.24) is 15.1 Å². The molecule has 2 aromatic carbocycles. The number of amides is 2. The van der Waals surface area contributed by atoms with E-state index in [-0.39, 0.29) is 17.9 Å². The van der Waals surface area contributed by atoms with Gasteiger partial charge in [0.25, 0.3) is 0 Å². The van der Waals surface area contributed by atoms with Crippen molar-refractivity contribution >= 4 is 6.03 Å². The molecule has 2 amide bonds. The first-order chi connectivity index (χ1) is 15.4. The van der Waals surface area contributed by atoms with Crippen LogP contribution in [0.2, 0.25) is 0 Å². The van der Waals surface area contributed by atoms with Crippen LogP contribution < -0.4 is 10.1 Å². The molecule has 172 valence electrons. The first kappa shape index (κ1) is 22.6. The Morgan fingerprint density at radius 3 is 2.44 bits per heavy atom. The molecule has 6 heteroatoms. The number of likely N-dealkylation sites (N-methyl/N-ethyl adjacent to an activating group) is 1. The molecular formula is C26H34FN3O2. The normalized spacial score (nSPS) is 22.3. The van der Waals surface area contributed by atoms with Gasteiger partial charge in [0, 0.05) is 31.7 Å². The number of urea groups is 1. The van der Waals surface area contributed by atoms with Gasteiger partial charge in [-0.15, -0.1) is 0 Å². The van der Waals surface area contributed by atoms with Crippen molar-refractivity contribution in [2.45, 2.75) is 51.9 Å². The molecule has 0 radical (unpaired) electrons. The van der Waals surface area contributed by atoms with Crippen LogP contribution in [0, 0.1) is 17.7 Å². The van der Waals surface area contributed by atoms with Crippen molar-refractivity contribution in [3.8, 4) is 5.75 Å². The molecule has 0 aromatic heterocycles. The molecule has 2 fully saturated rings. The molecule has 0 spiro atoms. The number of ether oxygens (including phenoxy) is 1. The summed E-state index contributed by atoms with van der Waals surface area (Å²) in [7, 11) is 2.15. The second-order valence-corrected chi connectivity index (χ2v) is 9.67. The van der Waals surface area contributed by atoms with Crippen molar-refractivity contribution < 1.29 is 13.9 Å². The number of hydrogen-bond donors (Lipinski definition) is 1. The molecule has 1 saturated carbocycles. The van der Waals surface area contributed by atoms with E-state index in [0.29, 0.717) is 37.6 Å². The number of carbonyl (C=O) groups is 1. The van der Waals surface area contributed by atoms with Gasteiger partial charge in [-0.2, -0.15) is 0 Å². The molecule has 2 aromatic rings. The maximum atomic E-state index is 13.4. The molecular weight excluding hydrogens is 405 g/mol. The molecule has 2 aliphatic rings. The van der Waals surface area contributed by atoms with E-state index in [2.05, 4.69) is 31.1 Å². The number of nitrogens with one attached hydrogen (secondary N) is 1. The lowest BCUT2D eigenvalue weighted by Gasteiger charge is -2.38. The van der Waals surface area contributed by atoms with Gasteiger partial charge < -0.3 is 19.9 Å². The van der Waals surface area contributed by atoms with Crippen LogP contribution >= 0.6 is 0 Å². The summed E-state index contributed by atoms with van der Waals surface area (Å²) in [6.07, 6.45) is 2.18. The Kier molecular flexibility index (Phi) is 6.99. The van der Waals surface area contributed by atoms with Crippen LogP contribution in [0.1, 0.15) is 37.8 Å². The molecule has 5 nitrogen and oxygen atoms in total. The number of fused-ring (bicyclic) bond motifs is 2. The van der Waals surface area contributed by atoms with Gasteiger partial charge in [-0.3, -0.25) is 0 Å². The second-order valence-electron chi connectivity index (χ2n) is 9.67. The quantitative estimate of drug-likeness (QED) is 0.650. The maximum Gasteiger partial charge on any atom is 0.318 e. The fourth-order valence-corrected chi connectivity index (χ4v) is 4.97. The lowest BCUT2D eigenvalue weighted by molar-refractivity contribution is 0.110. The van der Waals surface area contributed by atoms with Crippen molar-refractivity contribution in [1.29, 1.82) is 0 Å². The van der Waals surface area contributed by atoms with Gasteiger partial charge in [0.1, 0.15) is 11.6 Å². The predicted molar refractivity (Wildman–Crippen MR) is 124 cm³/mol. The van der Waals surface area contributed by atoms with Gasteiger partial charge in [-0.25, -0.2) is 9.18 Å². The highest BCUT2D eigenvalue weighted by Gasteiger charge is 2.46. The van der Waals surface area contributed by atoms with Crippen LogP contribution in [0.25, 0.3) is 0 Å². The van der Waals surface area contributed by atoms with Crippen LogP contribution in [-0.4, -0.2) is 48.1 Å². The van der Waals surface area contributed by atoms with Crippen LogP contribution in [0.3, 0.4) is 0 Å². The average molecular weight is 440 g/mol. The summed E-state index contributed by atoms with van der Waals surface area (Å²) in [5, 5.41) is 3.11. The molecule has 1 aliphatic heterocycles. The predicted octanol–water partition coefficient (Wildman–Crippen LogP) is 4.66. The van der Waals surface area contributed by atoms with E-state index < -0.39 is 0 Å². The van der Waals surface area contributed by atoms with Crippen LogP contribution in [0.5, 0.6) is 5.75 Å². The van der Waals surface area contributed by atoms with Crippen molar-refractivity contribution in [2.75, 3.05) is 20.2 Å². The SMILES string of the molecule is CC(C)COc1ccc(CNC(=O)N(Cc2ccc(F)cc2)[C@@H]2C[C@H]3C[C@@H]2N(C)C3)cc1. The van der Waals surface area contributed by atoms with E-state index in [9.17, 15) is 9.18 Å². The Morgan fingerprint density at radius 2 is 1.81 bits per heavy atom. The maximum absolute atomic E-state index is 13.4. The van der Waals surface area contributed by atoms with Crippen molar-refractivity contribution in [2.24, 2.45) is 11.8 Å². The summed E-state index contributed by atoms with van der Waals surface area (Å²) in [6.45, 7) is 6.98. The molecule has 1 N–H and O–H groups in total. The lowest BCUT2D eigenvalue weighted by atomic mass is 10.0. The molecule has 1 aliphatic carbocycles. The first-order valence-electron chi connectivity index (χ1n) is 11.6. The smallest absolute Gasteiger partial charge is 0.318 e. The third-order valence-corrected chi connectivity index (χ3v) is 6.58. The summed E-state index contributed by atoms with van der Waals surface area (Å²) in [5.41, 5.74) is 1.97. The molecule has 4 rings (SSSR count). The number of benzene rings is 2. The monoisotopic (exact) mass is 439 g/mol. The minimum absolute atomic E-state index is 0.0691. The number of nitrogens with zero attached hydrogens (tertiary/aromatic N) is 2. The summed E-state index contributed by atoms with van der Waals surface area (Å²) in [4.78, 5) is 17.6. The summed E-state index contributed by atoms with van der Waals surface area (Å²) >= 11 is 0. The minimum Gasteiger partial charge on any atom is -0.493 e. The Labute approximate surface area is 190 Å². The molecule has 2 bridgehead atoms. The summed E-state index contributed by atoms with van der Waals surface area (Å²) in [5.74, 6) is 1.71. The van der Waals surface area contributed by atoms with E-state index in [1.807, 2.05) is 29.2 Å². The van der Waals surface area contributed by atoms with E-state index in [1.165, 1.54) is 12.1 Å². The Balaban J connectivity index is 1.41. The topological polar surface area (TPSA) is 44.8 Å². The number of rotatable bonds is 8. The zero-order chi connectivity index (χ0) is 22.7. The fourth-order valence-electron chi connectivity index (χ4n) is 4.97. The molecule has 32 heavy (non-hydrogen) atoms. The lowest BCUT2D eigenvalue weighted by Crippen LogP contribution is -2.53. The third-order valence-electron chi connectivity index (χ3n) is 6.58. The van der Waals surface area contributed by atoms with E-state index >= 15 is 0 Å². The highest BCUT2D eigenvalue weighted by atomic mass is 19.1. The third kappa shape index (κ3) is 5.41. The summed E-state index contributed by atoms with van der Waals surface area (Å²) in [6, 6.07) is 14.8. The van der Waals surface area contributed by atoms with Crippen LogP contribution in [0.4, 0.5) is 9.18 Å². The van der Waals surface area contributed by atoms with Crippen LogP contribution in [0.15, 0.2) is 48.5 Å². The fraction of sp³-hybridized carbons (Fsp3) is 0.500.